The molecule has 0 aliphatic carbocycles. The van der Waals surface area contributed by atoms with E-state index in [-0.39, 0.29) is 11.1 Å². The van der Waals surface area contributed by atoms with E-state index in [0.717, 1.165) is 118 Å². The predicted octanol–water partition coefficient (Wildman–Crippen LogP) is 21.9. The average molecular weight is 1120 g/mol. The molecular weight excluding hydrogens is 1070 g/mol. The second-order valence-corrected chi connectivity index (χ2v) is 23.8. The van der Waals surface area contributed by atoms with E-state index < -0.39 is 29.0 Å². The van der Waals surface area contributed by atoms with Crippen molar-refractivity contribution < 1.29 is 26.3 Å². The molecule has 5 aromatic heterocycles. The highest BCUT2D eigenvalue weighted by atomic mass is 32.1. The molecule has 11 aromatic carbocycles. The Morgan fingerprint density at radius 2 is 0.707 bits per heavy atom. The second-order valence-electron chi connectivity index (χ2n) is 21.7. The topological polar surface area (TPSA) is 14.8 Å². The minimum absolute atomic E-state index is 0.243. The quantitative estimate of drug-likeness (QED) is 0.147. The zero-order valence-electron chi connectivity index (χ0n) is 43.8. The van der Waals surface area contributed by atoms with Crippen molar-refractivity contribution in [2.45, 2.75) is 31.7 Å². The highest BCUT2D eigenvalue weighted by molar-refractivity contribution is 7.27. The van der Waals surface area contributed by atoms with Gasteiger partial charge in [-0.3, -0.25) is 0 Å². The van der Waals surface area contributed by atoms with Gasteiger partial charge in [-0.25, -0.2) is 0 Å². The lowest BCUT2D eigenvalue weighted by Crippen LogP contribution is -2.31. The summed E-state index contributed by atoms with van der Waals surface area (Å²) in [5, 5.41) is 10.2. The number of benzene rings is 11. The van der Waals surface area contributed by atoms with Crippen LogP contribution in [0.3, 0.4) is 0 Å². The minimum Gasteiger partial charge on any atom is -0.330 e. The molecule has 82 heavy (non-hydrogen) atoms. The molecule has 0 aliphatic heterocycles. The number of hydrogen-bond donors (Lipinski definition) is 0. The summed E-state index contributed by atoms with van der Waals surface area (Å²) in [6.45, 7) is 4.30. The molecule has 0 spiro atoms. The molecule has 3 nitrogen and oxygen atoms in total. The van der Waals surface area contributed by atoms with E-state index in [1.165, 1.54) is 24.3 Å². The smallest absolute Gasteiger partial charge is 0.330 e. The Morgan fingerprint density at radius 1 is 0.329 bits per heavy atom. The van der Waals surface area contributed by atoms with Crippen LogP contribution >= 0.6 is 22.7 Å². The van der Waals surface area contributed by atoms with Crippen molar-refractivity contribution in [3.05, 3.63) is 241 Å². The third-order valence-electron chi connectivity index (χ3n) is 16.8. The van der Waals surface area contributed by atoms with Crippen LogP contribution < -0.4 is 0 Å². The molecule has 0 fully saturated rings. The van der Waals surface area contributed by atoms with Crippen LogP contribution in [0.1, 0.15) is 30.5 Å². The van der Waals surface area contributed by atoms with Crippen molar-refractivity contribution in [2.75, 3.05) is 0 Å². The SMILES string of the molecule is CC(C)(c1c(-n2c3ccccc3c3c4sc5ccccc5c4ccc32)c(-c2cccc(C(F)(F)F)c2)cc(-c2cccc(C(F)(F)F)c2)c1-n1c2ccccc2c2c3sc4ccccc4c3ccc21)n1c2ccccc2c2ccccc21. The molecule has 16 rings (SSSR count). The monoisotopic (exact) mass is 1120 g/mol. The lowest BCUT2D eigenvalue weighted by atomic mass is 9.82. The zero-order chi connectivity index (χ0) is 55.6. The first-order valence-corrected chi connectivity index (χ1v) is 28.6. The molecular formula is C71H43F6N3S2. The lowest BCUT2D eigenvalue weighted by Gasteiger charge is -2.37. The number of rotatable bonds is 6. The van der Waals surface area contributed by atoms with Gasteiger partial charge >= 0.3 is 12.4 Å². The Hall–Kier alpha value is -9.16. The van der Waals surface area contributed by atoms with Gasteiger partial charge in [-0.1, -0.05) is 146 Å². The number of aromatic nitrogens is 3. The Labute approximate surface area is 472 Å². The third kappa shape index (κ3) is 6.96. The van der Waals surface area contributed by atoms with Crippen molar-refractivity contribution in [2.24, 2.45) is 0 Å². The van der Waals surface area contributed by atoms with Crippen LogP contribution in [0.2, 0.25) is 0 Å². The molecule has 0 unspecified atom stereocenters. The van der Waals surface area contributed by atoms with E-state index in [9.17, 15) is 0 Å². The fraction of sp³-hybridized carbons (Fsp3) is 0.0704. The molecule has 0 saturated carbocycles. The Bertz CT molecular complexity index is 5050. The van der Waals surface area contributed by atoms with Crippen LogP contribution in [-0.4, -0.2) is 13.7 Å². The fourth-order valence-electron chi connectivity index (χ4n) is 13.5. The first-order chi connectivity index (χ1) is 39.7. The number of nitrogens with zero attached hydrogens (tertiary/aromatic N) is 3. The van der Waals surface area contributed by atoms with Crippen molar-refractivity contribution in [3.63, 3.8) is 0 Å². The largest absolute Gasteiger partial charge is 0.416 e. The van der Waals surface area contributed by atoms with Crippen LogP contribution in [-0.2, 0) is 17.9 Å². The van der Waals surface area contributed by atoms with Gasteiger partial charge in [0.1, 0.15) is 0 Å². The highest BCUT2D eigenvalue weighted by Crippen LogP contribution is 2.54. The Balaban J connectivity index is 1.20. The number of hydrogen-bond acceptors (Lipinski definition) is 2. The number of fused-ring (bicyclic) bond motifs is 17. The maximum Gasteiger partial charge on any atom is 0.416 e. The zero-order valence-corrected chi connectivity index (χ0v) is 45.4. The van der Waals surface area contributed by atoms with Gasteiger partial charge in [0.25, 0.3) is 0 Å². The first-order valence-electron chi connectivity index (χ1n) is 27.0. The summed E-state index contributed by atoms with van der Waals surface area (Å²) in [6.07, 6.45) is -9.46. The van der Waals surface area contributed by atoms with Crippen LogP contribution in [0.5, 0.6) is 0 Å². The Morgan fingerprint density at radius 3 is 1.13 bits per heavy atom. The van der Waals surface area contributed by atoms with Gasteiger partial charge in [-0.05, 0) is 104 Å². The van der Waals surface area contributed by atoms with Crippen molar-refractivity contribution in [1.82, 2.24) is 13.7 Å². The highest BCUT2D eigenvalue weighted by Gasteiger charge is 2.40. The molecule has 0 bridgehead atoms. The summed E-state index contributed by atoms with van der Waals surface area (Å²) in [5.41, 5.74) is 5.26. The molecule has 0 N–H and O–H groups in total. The molecule has 0 amide bonds. The van der Waals surface area contributed by atoms with Gasteiger partial charge in [-0.15, -0.1) is 22.7 Å². The minimum atomic E-state index is -4.73. The van der Waals surface area contributed by atoms with Crippen molar-refractivity contribution in [3.8, 4) is 33.6 Å². The molecule has 0 aliphatic rings. The molecule has 5 heterocycles. The predicted molar refractivity (Wildman–Crippen MR) is 330 cm³/mol. The Kier molecular flexibility index (Phi) is 10.4. The molecule has 0 atom stereocenters. The van der Waals surface area contributed by atoms with E-state index in [0.29, 0.717) is 28.1 Å². The first kappa shape index (κ1) is 48.7. The maximum absolute atomic E-state index is 15.4. The number of para-hydroxylation sites is 4. The van der Waals surface area contributed by atoms with Crippen LogP contribution in [0, 0.1) is 0 Å². The van der Waals surface area contributed by atoms with E-state index >= 15 is 26.3 Å². The van der Waals surface area contributed by atoms with Crippen LogP contribution in [0.4, 0.5) is 26.3 Å². The van der Waals surface area contributed by atoms with Crippen molar-refractivity contribution >= 4 is 128 Å². The number of alkyl halides is 6. The van der Waals surface area contributed by atoms with Crippen molar-refractivity contribution in [1.29, 1.82) is 0 Å². The lowest BCUT2D eigenvalue weighted by molar-refractivity contribution is -0.138. The molecule has 0 radical (unpaired) electrons. The maximum atomic E-state index is 15.4. The second kappa shape index (κ2) is 17.4. The van der Waals surface area contributed by atoms with Gasteiger partial charge in [0.2, 0.25) is 0 Å². The normalized spacial score (nSPS) is 12.9. The molecule has 0 saturated heterocycles. The van der Waals surface area contributed by atoms with E-state index in [1.807, 2.05) is 78.9 Å². The van der Waals surface area contributed by atoms with Crippen LogP contribution in [0.25, 0.3) is 139 Å². The van der Waals surface area contributed by atoms with Gasteiger partial charge in [0.05, 0.1) is 50.1 Å². The van der Waals surface area contributed by atoms with Crippen LogP contribution in [0.15, 0.2) is 224 Å². The fourth-order valence-corrected chi connectivity index (χ4v) is 16.0. The number of halogens is 6. The van der Waals surface area contributed by atoms with E-state index in [2.05, 4.69) is 125 Å². The third-order valence-corrected chi connectivity index (χ3v) is 19.2. The summed E-state index contributed by atoms with van der Waals surface area (Å²) in [7, 11) is 0. The molecule has 396 valence electrons. The summed E-state index contributed by atoms with van der Waals surface area (Å²) in [6, 6.07) is 70.6. The summed E-state index contributed by atoms with van der Waals surface area (Å²) < 4.78 is 103. The number of thiophene rings is 2. The summed E-state index contributed by atoms with van der Waals surface area (Å²) in [4.78, 5) is 0. The van der Waals surface area contributed by atoms with Gasteiger partial charge in [0.15, 0.2) is 0 Å². The average Bonchev–Trinajstić information content (AvgIpc) is 2.12. The standard InChI is InChI=1S/C71H43F6N3S2/c1-69(2,80-56-29-11-3-21-44(56)45-22-4-12-30-57(45)80)64-65(78-54-27-9-5-25-50(54)62-58(78)35-33-48-46-23-7-13-31-60(46)81-67(48)62)52(40-17-15-19-42(37-40)70(72,73)74)39-53(41-18-16-20-43(38-41)71(75,76)77)66(64)79-55-28-10-6-26-51(55)63-59(79)36-34-49-47-24-8-14-32-61(47)82-68(49)63/h3-39H,1-2H3. The summed E-state index contributed by atoms with van der Waals surface area (Å²) >= 11 is 3.40. The summed E-state index contributed by atoms with van der Waals surface area (Å²) in [5.74, 6) is 0. The van der Waals surface area contributed by atoms with Gasteiger partial charge in [-0.2, -0.15) is 26.3 Å². The van der Waals surface area contributed by atoms with Gasteiger partial charge in [0, 0.05) is 100 Å². The van der Waals surface area contributed by atoms with E-state index in [1.54, 1.807) is 34.8 Å². The van der Waals surface area contributed by atoms with Gasteiger partial charge < -0.3 is 13.7 Å². The molecule has 16 aromatic rings. The van der Waals surface area contributed by atoms with E-state index in [4.69, 9.17) is 0 Å². The molecule has 11 heteroatoms.